The Bertz CT molecular complexity index is 308. The molecule has 0 radical (unpaired) electrons. The van der Waals surface area contributed by atoms with Gasteiger partial charge in [-0.1, -0.05) is 0 Å². The first-order valence-electron chi connectivity index (χ1n) is 5.39. The molecule has 17 heavy (non-hydrogen) atoms. The number of hydrogen-bond acceptors (Lipinski definition) is 5. The Balaban J connectivity index is 2.33. The van der Waals surface area contributed by atoms with Crippen LogP contribution < -0.4 is 11.3 Å². The molecular weight excluding hydrogens is 286 g/mol. The first kappa shape index (κ1) is 14.5. The highest BCUT2D eigenvalue weighted by Crippen LogP contribution is 2.08. The van der Waals surface area contributed by atoms with E-state index in [1.807, 2.05) is 12.1 Å². The smallest absolute Gasteiger partial charge is 0.0701 e. The summed E-state index contributed by atoms with van der Waals surface area (Å²) in [5, 5.41) is 0. The molecule has 5 nitrogen and oxygen atoms in total. The fourth-order valence-electron chi connectivity index (χ4n) is 1.31. The van der Waals surface area contributed by atoms with Crippen LogP contribution in [0, 0.1) is 0 Å². The predicted molar refractivity (Wildman–Crippen MR) is 69.4 cm³/mol. The normalized spacial score (nSPS) is 12.6. The lowest BCUT2D eigenvalue weighted by Gasteiger charge is -2.15. The van der Waals surface area contributed by atoms with E-state index in [1.54, 1.807) is 13.3 Å². The van der Waals surface area contributed by atoms with Crippen LogP contribution in [0.2, 0.25) is 0 Å². The lowest BCUT2D eigenvalue weighted by molar-refractivity contribution is 0.0586. The second-order valence-corrected chi connectivity index (χ2v) is 4.52. The van der Waals surface area contributed by atoms with Crippen molar-refractivity contribution in [2.24, 2.45) is 5.84 Å². The molecule has 3 N–H and O–H groups in total. The molecule has 96 valence electrons. The molecule has 1 aromatic rings. The number of nitrogens with two attached hydrogens (primary N) is 1. The van der Waals surface area contributed by atoms with E-state index in [0.29, 0.717) is 19.8 Å². The van der Waals surface area contributed by atoms with Crippen molar-refractivity contribution in [3.05, 3.63) is 28.5 Å². The Morgan fingerprint density at radius 2 is 2.29 bits per heavy atom. The van der Waals surface area contributed by atoms with Gasteiger partial charge in [0.05, 0.1) is 19.8 Å². The number of ether oxygens (including phenoxy) is 2. The Labute approximate surface area is 110 Å². The van der Waals surface area contributed by atoms with Crippen LogP contribution >= 0.6 is 15.9 Å². The molecule has 1 atom stereocenters. The maximum Gasteiger partial charge on any atom is 0.0701 e. The summed E-state index contributed by atoms with van der Waals surface area (Å²) in [6, 6.07) is 3.98. The predicted octanol–water partition coefficient (Wildman–Crippen LogP) is 0.882. The molecule has 0 bridgehead atoms. The molecule has 1 aromatic heterocycles. The summed E-state index contributed by atoms with van der Waals surface area (Å²) in [7, 11) is 1.65. The first-order valence-corrected chi connectivity index (χ1v) is 6.18. The maximum atomic E-state index is 5.47. The van der Waals surface area contributed by atoms with Crippen molar-refractivity contribution < 1.29 is 9.47 Å². The van der Waals surface area contributed by atoms with Crippen molar-refractivity contribution >= 4 is 15.9 Å². The Morgan fingerprint density at radius 1 is 1.47 bits per heavy atom. The summed E-state index contributed by atoms with van der Waals surface area (Å²) in [4.78, 5) is 4.29. The fraction of sp³-hybridized carbons (Fsp3) is 0.545. The topological polar surface area (TPSA) is 69.4 Å². The van der Waals surface area contributed by atoms with Gasteiger partial charge in [-0.05, 0) is 28.1 Å². The van der Waals surface area contributed by atoms with Crippen molar-refractivity contribution in [2.45, 2.75) is 12.5 Å². The highest BCUT2D eigenvalue weighted by atomic mass is 79.9. The number of hydrogen-bond donors (Lipinski definition) is 2. The zero-order chi connectivity index (χ0) is 12.5. The van der Waals surface area contributed by atoms with E-state index in [2.05, 4.69) is 26.3 Å². The van der Waals surface area contributed by atoms with Gasteiger partial charge < -0.3 is 9.47 Å². The lowest BCUT2D eigenvalue weighted by atomic mass is 10.1. The average molecular weight is 304 g/mol. The van der Waals surface area contributed by atoms with Gasteiger partial charge in [-0.3, -0.25) is 16.3 Å². The molecular formula is C11H18BrN3O2. The van der Waals surface area contributed by atoms with Gasteiger partial charge in [0.1, 0.15) is 0 Å². The molecule has 0 fully saturated rings. The summed E-state index contributed by atoms with van der Waals surface area (Å²) in [6.45, 7) is 1.70. The van der Waals surface area contributed by atoms with Gasteiger partial charge in [-0.2, -0.15) is 0 Å². The van der Waals surface area contributed by atoms with E-state index in [4.69, 9.17) is 15.3 Å². The van der Waals surface area contributed by atoms with E-state index in [0.717, 1.165) is 16.6 Å². The number of nitrogens with one attached hydrogen (secondary N) is 1. The van der Waals surface area contributed by atoms with Crippen molar-refractivity contribution in [1.82, 2.24) is 10.4 Å². The van der Waals surface area contributed by atoms with Crippen molar-refractivity contribution in [1.29, 1.82) is 0 Å². The molecule has 0 saturated carbocycles. The molecule has 6 heteroatoms. The SMILES string of the molecule is COCCOCC(Cc1ccc(Br)cn1)NN. The van der Waals surface area contributed by atoms with Crippen molar-refractivity contribution in [3.63, 3.8) is 0 Å². The van der Waals surface area contributed by atoms with E-state index in [-0.39, 0.29) is 6.04 Å². The largest absolute Gasteiger partial charge is 0.382 e. The van der Waals surface area contributed by atoms with Crippen LogP contribution in [0.1, 0.15) is 5.69 Å². The molecule has 1 rings (SSSR count). The van der Waals surface area contributed by atoms with Crippen LogP contribution in [0.4, 0.5) is 0 Å². The number of hydrazine groups is 1. The van der Waals surface area contributed by atoms with Gasteiger partial charge in [-0.25, -0.2) is 0 Å². The van der Waals surface area contributed by atoms with E-state index >= 15 is 0 Å². The fourth-order valence-corrected chi connectivity index (χ4v) is 1.55. The minimum absolute atomic E-state index is 0.0560. The number of pyridine rings is 1. The summed E-state index contributed by atoms with van der Waals surface area (Å²) >= 11 is 3.35. The van der Waals surface area contributed by atoms with Crippen LogP contribution in [-0.2, 0) is 15.9 Å². The summed E-state index contributed by atoms with van der Waals surface area (Å²) in [5.41, 5.74) is 3.70. The number of halogens is 1. The quantitative estimate of drug-likeness (QED) is 0.424. The third-order valence-corrected chi connectivity index (χ3v) is 2.70. The molecule has 0 saturated heterocycles. The van der Waals surface area contributed by atoms with Gasteiger partial charge in [0.15, 0.2) is 0 Å². The third-order valence-electron chi connectivity index (χ3n) is 2.23. The van der Waals surface area contributed by atoms with E-state index in [9.17, 15) is 0 Å². The maximum absolute atomic E-state index is 5.47. The minimum Gasteiger partial charge on any atom is -0.382 e. The number of rotatable bonds is 8. The second kappa shape index (κ2) is 8.54. The zero-order valence-corrected chi connectivity index (χ0v) is 11.4. The van der Waals surface area contributed by atoms with Crippen LogP contribution in [0.15, 0.2) is 22.8 Å². The lowest BCUT2D eigenvalue weighted by Crippen LogP contribution is -2.40. The van der Waals surface area contributed by atoms with Gasteiger partial charge in [0, 0.05) is 35.9 Å². The molecule has 0 aromatic carbocycles. The van der Waals surface area contributed by atoms with Crippen LogP contribution in [0.5, 0.6) is 0 Å². The Kier molecular flexibility index (Phi) is 7.30. The second-order valence-electron chi connectivity index (χ2n) is 3.60. The summed E-state index contributed by atoms with van der Waals surface area (Å²) in [6.07, 6.45) is 2.51. The van der Waals surface area contributed by atoms with Crippen LogP contribution in [0.3, 0.4) is 0 Å². The van der Waals surface area contributed by atoms with E-state index in [1.165, 1.54) is 0 Å². The van der Waals surface area contributed by atoms with Crippen molar-refractivity contribution in [2.75, 3.05) is 26.9 Å². The molecule has 0 aliphatic carbocycles. The molecule has 0 amide bonds. The Morgan fingerprint density at radius 3 is 2.88 bits per heavy atom. The van der Waals surface area contributed by atoms with Crippen LogP contribution in [-0.4, -0.2) is 38.0 Å². The zero-order valence-electron chi connectivity index (χ0n) is 9.86. The van der Waals surface area contributed by atoms with Gasteiger partial charge >= 0.3 is 0 Å². The standard InChI is InChI=1S/C11H18BrN3O2/c1-16-4-5-17-8-11(15-13)6-10-3-2-9(12)7-14-10/h2-3,7,11,15H,4-6,8,13H2,1H3. The monoisotopic (exact) mass is 303 g/mol. The highest BCUT2D eigenvalue weighted by molar-refractivity contribution is 9.10. The molecule has 0 spiro atoms. The van der Waals surface area contributed by atoms with Gasteiger partial charge in [0.2, 0.25) is 0 Å². The first-order chi connectivity index (χ1) is 8.26. The van der Waals surface area contributed by atoms with Crippen LogP contribution in [0.25, 0.3) is 0 Å². The molecule has 1 unspecified atom stereocenters. The minimum atomic E-state index is 0.0560. The van der Waals surface area contributed by atoms with E-state index < -0.39 is 0 Å². The van der Waals surface area contributed by atoms with Gasteiger partial charge in [-0.15, -0.1) is 0 Å². The van der Waals surface area contributed by atoms with Gasteiger partial charge in [0.25, 0.3) is 0 Å². The number of aromatic nitrogens is 1. The average Bonchev–Trinajstić information content (AvgIpc) is 2.35. The highest BCUT2D eigenvalue weighted by Gasteiger charge is 2.08. The third kappa shape index (κ3) is 6.09. The van der Waals surface area contributed by atoms with Crippen molar-refractivity contribution in [3.8, 4) is 0 Å². The molecule has 1 heterocycles. The number of methoxy groups -OCH3 is 1. The number of nitrogens with zero attached hydrogens (tertiary/aromatic N) is 1. The Hall–Kier alpha value is -0.530. The summed E-state index contributed by atoms with van der Waals surface area (Å²) < 4.78 is 11.3. The molecule has 0 aliphatic rings. The summed E-state index contributed by atoms with van der Waals surface area (Å²) in [5.74, 6) is 5.47. The molecule has 0 aliphatic heterocycles.